The maximum Gasteiger partial charge on any atom is 0.272 e. The first-order valence-corrected chi connectivity index (χ1v) is 5.99. The van der Waals surface area contributed by atoms with E-state index in [4.69, 9.17) is 23.2 Å². The number of nitrogens with zero attached hydrogens (tertiary/aromatic N) is 2. The Morgan fingerprint density at radius 2 is 1.94 bits per heavy atom. The summed E-state index contributed by atoms with van der Waals surface area (Å²) in [5.74, 6) is 0. The number of hydrogen-bond acceptors (Lipinski definition) is 4. The van der Waals surface area contributed by atoms with Crippen LogP contribution in [0.3, 0.4) is 0 Å². The van der Waals surface area contributed by atoms with Crippen molar-refractivity contribution in [2.75, 3.05) is 18.1 Å². The van der Waals surface area contributed by atoms with Crippen molar-refractivity contribution in [3.8, 4) is 0 Å². The van der Waals surface area contributed by atoms with Gasteiger partial charge in [0.2, 0.25) is 0 Å². The summed E-state index contributed by atoms with van der Waals surface area (Å²) in [6.07, 6.45) is 2.13. The molecule has 17 heavy (non-hydrogen) atoms. The summed E-state index contributed by atoms with van der Waals surface area (Å²) in [5, 5.41) is 13.1. The molecular formula is C10H11Cl2N3O2. The van der Waals surface area contributed by atoms with Crippen molar-refractivity contribution < 1.29 is 4.92 Å². The van der Waals surface area contributed by atoms with Crippen molar-refractivity contribution in [1.29, 1.82) is 0 Å². The van der Waals surface area contributed by atoms with E-state index in [2.05, 4.69) is 5.43 Å². The van der Waals surface area contributed by atoms with Crippen LogP contribution in [-0.4, -0.2) is 18.0 Å². The third-order valence-corrected chi connectivity index (χ3v) is 3.17. The number of non-ortho nitro benzene ring substituents is 1. The highest BCUT2D eigenvalue weighted by Crippen LogP contribution is 2.37. The topological polar surface area (TPSA) is 58.4 Å². The molecule has 1 N–H and O–H groups in total. The predicted octanol–water partition coefficient (Wildman–Crippen LogP) is 3.01. The molecule has 1 saturated heterocycles. The predicted molar refractivity (Wildman–Crippen MR) is 67.7 cm³/mol. The summed E-state index contributed by atoms with van der Waals surface area (Å²) in [6.45, 7) is 1.64. The van der Waals surface area contributed by atoms with Gasteiger partial charge in [-0.1, -0.05) is 23.2 Å². The van der Waals surface area contributed by atoms with Crippen LogP contribution >= 0.6 is 23.2 Å². The van der Waals surface area contributed by atoms with Gasteiger partial charge in [-0.05, 0) is 12.8 Å². The molecule has 5 nitrogen and oxygen atoms in total. The largest absolute Gasteiger partial charge is 0.305 e. The number of anilines is 1. The van der Waals surface area contributed by atoms with Gasteiger partial charge in [-0.2, -0.15) is 0 Å². The molecule has 1 aliphatic heterocycles. The van der Waals surface area contributed by atoms with E-state index >= 15 is 0 Å². The third kappa shape index (κ3) is 2.62. The zero-order chi connectivity index (χ0) is 12.4. The normalized spacial score (nSPS) is 16.0. The lowest BCUT2D eigenvalue weighted by molar-refractivity contribution is -0.384. The number of hydrogen-bond donors (Lipinski definition) is 1. The molecule has 1 aliphatic rings. The Morgan fingerprint density at radius 3 is 2.41 bits per heavy atom. The molecule has 1 fully saturated rings. The highest BCUT2D eigenvalue weighted by molar-refractivity contribution is 6.39. The molecule has 2 rings (SSSR count). The molecule has 1 heterocycles. The molecule has 0 unspecified atom stereocenters. The fraction of sp³-hybridized carbons (Fsp3) is 0.400. The van der Waals surface area contributed by atoms with Gasteiger partial charge in [0.15, 0.2) is 0 Å². The van der Waals surface area contributed by atoms with Crippen LogP contribution in [0.25, 0.3) is 0 Å². The van der Waals surface area contributed by atoms with Gasteiger partial charge >= 0.3 is 0 Å². The van der Waals surface area contributed by atoms with E-state index in [9.17, 15) is 10.1 Å². The van der Waals surface area contributed by atoms with E-state index in [-0.39, 0.29) is 5.69 Å². The maximum atomic E-state index is 10.7. The van der Waals surface area contributed by atoms with Crippen LogP contribution in [0.15, 0.2) is 12.1 Å². The van der Waals surface area contributed by atoms with Gasteiger partial charge < -0.3 is 5.01 Å². The van der Waals surface area contributed by atoms with Crippen LogP contribution in [0.4, 0.5) is 11.4 Å². The second-order valence-corrected chi connectivity index (χ2v) is 4.60. The van der Waals surface area contributed by atoms with Gasteiger partial charge in [-0.25, -0.2) is 5.43 Å². The van der Waals surface area contributed by atoms with Gasteiger partial charge in [0.25, 0.3) is 5.69 Å². The molecule has 0 atom stereocenters. The van der Waals surface area contributed by atoms with E-state index in [1.807, 2.05) is 5.01 Å². The number of nitrogens with one attached hydrogen (secondary N) is 1. The molecule has 0 aromatic heterocycles. The second kappa shape index (κ2) is 5.08. The van der Waals surface area contributed by atoms with E-state index < -0.39 is 4.92 Å². The smallest absolute Gasteiger partial charge is 0.272 e. The van der Waals surface area contributed by atoms with Crippen LogP contribution in [0.5, 0.6) is 0 Å². The zero-order valence-electron chi connectivity index (χ0n) is 8.95. The molecule has 0 spiro atoms. The number of benzene rings is 1. The van der Waals surface area contributed by atoms with Crippen molar-refractivity contribution in [3.63, 3.8) is 0 Å². The zero-order valence-corrected chi connectivity index (χ0v) is 10.5. The maximum absolute atomic E-state index is 10.7. The summed E-state index contributed by atoms with van der Waals surface area (Å²) in [5.41, 5.74) is 3.67. The molecule has 0 amide bonds. The molecule has 1 aromatic rings. The van der Waals surface area contributed by atoms with Crippen molar-refractivity contribution in [2.24, 2.45) is 0 Å². The average molecular weight is 276 g/mol. The van der Waals surface area contributed by atoms with Crippen LogP contribution in [0.2, 0.25) is 10.0 Å². The molecule has 0 aliphatic carbocycles. The van der Waals surface area contributed by atoms with Crippen molar-refractivity contribution >= 4 is 34.6 Å². The monoisotopic (exact) mass is 275 g/mol. The molecule has 1 aromatic carbocycles. The average Bonchev–Trinajstić information content (AvgIpc) is 2.29. The Balaban J connectivity index is 2.37. The minimum absolute atomic E-state index is 0.0965. The van der Waals surface area contributed by atoms with E-state index in [1.54, 1.807) is 0 Å². The van der Waals surface area contributed by atoms with Crippen LogP contribution < -0.4 is 10.4 Å². The Morgan fingerprint density at radius 1 is 1.29 bits per heavy atom. The molecule has 92 valence electrons. The van der Waals surface area contributed by atoms with Gasteiger partial charge in [0, 0.05) is 25.2 Å². The fourth-order valence-corrected chi connectivity index (χ4v) is 2.47. The van der Waals surface area contributed by atoms with Crippen molar-refractivity contribution in [3.05, 3.63) is 32.3 Å². The van der Waals surface area contributed by atoms with Crippen molar-refractivity contribution in [1.82, 2.24) is 5.43 Å². The summed E-state index contributed by atoms with van der Waals surface area (Å²) < 4.78 is 0. The standard InChI is InChI=1S/C10H11Cl2N3O2/c11-8-5-7(15(16)17)6-9(12)10(8)14-4-2-1-3-13-14/h5-6,13H,1-4H2. The van der Waals surface area contributed by atoms with Gasteiger partial charge in [0.1, 0.15) is 0 Å². The highest BCUT2D eigenvalue weighted by atomic mass is 35.5. The quantitative estimate of drug-likeness (QED) is 0.666. The van der Waals surface area contributed by atoms with E-state index in [1.165, 1.54) is 12.1 Å². The molecule has 0 saturated carbocycles. The minimum Gasteiger partial charge on any atom is -0.305 e. The first-order chi connectivity index (χ1) is 8.09. The number of hydrazine groups is 1. The lowest BCUT2D eigenvalue weighted by Gasteiger charge is -2.30. The molecular weight excluding hydrogens is 265 g/mol. The van der Waals surface area contributed by atoms with E-state index in [0.717, 1.165) is 25.9 Å². The molecule has 0 radical (unpaired) electrons. The number of nitro groups is 1. The Kier molecular flexibility index (Phi) is 3.71. The third-order valence-electron chi connectivity index (χ3n) is 2.59. The molecule has 7 heteroatoms. The SMILES string of the molecule is O=[N+]([O-])c1cc(Cl)c(N2CCCCN2)c(Cl)c1. The molecule has 0 bridgehead atoms. The lowest BCUT2D eigenvalue weighted by Crippen LogP contribution is -2.43. The Bertz CT molecular complexity index is 424. The Hall–Kier alpha value is -1.04. The fourth-order valence-electron chi connectivity index (χ4n) is 1.79. The number of halogens is 2. The first kappa shape index (κ1) is 12.4. The second-order valence-electron chi connectivity index (χ2n) is 3.78. The summed E-state index contributed by atoms with van der Waals surface area (Å²) in [4.78, 5) is 10.1. The van der Waals surface area contributed by atoms with Gasteiger partial charge in [0.05, 0.1) is 20.7 Å². The lowest BCUT2D eigenvalue weighted by atomic mass is 10.2. The summed E-state index contributed by atoms with van der Waals surface area (Å²) in [6, 6.07) is 2.64. The summed E-state index contributed by atoms with van der Waals surface area (Å²) >= 11 is 12.1. The van der Waals surface area contributed by atoms with Crippen LogP contribution in [-0.2, 0) is 0 Å². The highest BCUT2D eigenvalue weighted by Gasteiger charge is 2.20. The number of nitro benzene ring substituents is 1. The van der Waals surface area contributed by atoms with Crippen LogP contribution in [0, 0.1) is 10.1 Å². The van der Waals surface area contributed by atoms with Crippen molar-refractivity contribution in [2.45, 2.75) is 12.8 Å². The van der Waals surface area contributed by atoms with Crippen LogP contribution in [0.1, 0.15) is 12.8 Å². The number of rotatable bonds is 2. The van der Waals surface area contributed by atoms with Gasteiger partial charge in [-0.3, -0.25) is 10.1 Å². The van der Waals surface area contributed by atoms with E-state index in [0.29, 0.717) is 15.7 Å². The Labute approximate surface area is 108 Å². The minimum atomic E-state index is -0.509. The van der Waals surface area contributed by atoms with Gasteiger partial charge in [-0.15, -0.1) is 0 Å². The first-order valence-electron chi connectivity index (χ1n) is 5.24. The summed E-state index contributed by atoms with van der Waals surface area (Å²) in [7, 11) is 0.